The van der Waals surface area contributed by atoms with Crippen LogP contribution in [-0.2, 0) is 14.3 Å². The molecule has 0 saturated heterocycles. The number of hydrogen-bond donors (Lipinski definition) is 0. The first-order valence-electron chi connectivity index (χ1n) is 9.71. The van der Waals surface area contributed by atoms with Gasteiger partial charge in [0.2, 0.25) is 0 Å². The molecule has 3 heteroatoms. The average molecular weight is 332 g/mol. The molecule has 0 aromatic carbocycles. The lowest BCUT2D eigenvalue weighted by Gasteiger charge is -2.31. The second kappa shape index (κ2) is 8.44. The third-order valence-corrected chi connectivity index (χ3v) is 6.05. The van der Waals surface area contributed by atoms with Gasteiger partial charge in [0.25, 0.3) is 0 Å². The molecule has 0 bridgehead atoms. The zero-order valence-corrected chi connectivity index (χ0v) is 15.2. The molecule has 1 saturated carbocycles. The summed E-state index contributed by atoms with van der Waals surface area (Å²) in [6, 6.07) is 0. The van der Waals surface area contributed by atoms with Crippen LogP contribution >= 0.6 is 0 Å². The number of methoxy groups -OCH3 is 1. The van der Waals surface area contributed by atoms with Crippen molar-refractivity contribution >= 4 is 5.78 Å². The molecule has 3 rings (SSSR count). The van der Waals surface area contributed by atoms with E-state index in [1.165, 1.54) is 5.57 Å². The summed E-state index contributed by atoms with van der Waals surface area (Å²) in [6.07, 6.45) is 16.8. The van der Waals surface area contributed by atoms with Crippen molar-refractivity contribution in [2.24, 2.45) is 11.8 Å². The van der Waals surface area contributed by atoms with Crippen molar-refractivity contribution in [1.82, 2.24) is 0 Å². The second-order valence-electron chi connectivity index (χ2n) is 7.80. The van der Waals surface area contributed by atoms with E-state index in [-0.39, 0.29) is 17.9 Å². The van der Waals surface area contributed by atoms with Crippen molar-refractivity contribution in [2.45, 2.75) is 83.0 Å². The van der Waals surface area contributed by atoms with Crippen molar-refractivity contribution in [3.8, 4) is 0 Å². The van der Waals surface area contributed by atoms with Crippen LogP contribution < -0.4 is 0 Å². The van der Waals surface area contributed by atoms with Crippen LogP contribution in [0.2, 0.25) is 0 Å². The smallest absolute Gasteiger partial charge is 0.142 e. The number of Topliss-reactive ketones (excluding diaryl/α,β-unsaturated/α-hetero) is 1. The molecule has 1 fully saturated rings. The van der Waals surface area contributed by atoms with Gasteiger partial charge in [0, 0.05) is 18.9 Å². The van der Waals surface area contributed by atoms with E-state index in [1.54, 1.807) is 7.11 Å². The Balaban J connectivity index is 1.45. The number of ether oxygens (including phenoxy) is 2. The number of carbonyl (C=O) groups is 1. The molecule has 0 amide bonds. The van der Waals surface area contributed by atoms with Gasteiger partial charge in [0.05, 0.1) is 18.3 Å². The number of rotatable bonds is 5. The maximum Gasteiger partial charge on any atom is 0.142 e. The summed E-state index contributed by atoms with van der Waals surface area (Å²) in [6.45, 7) is 2.20. The average Bonchev–Trinajstić information content (AvgIpc) is 2.64. The zero-order valence-electron chi connectivity index (χ0n) is 15.2. The summed E-state index contributed by atoms with van der Waals surface area (Å²) >= 11 is 0. The molecule has 0 spiro atoms. The van der Waals surface area contributed by atoms with Gasteiger partial charge < -0.3 is 9.47 Å². The Hall–Kier alpha value is -0.930. The molecule has 3 unspecified atom stereocenters. The highest BCUT2D eigenvalue weighted by Gasteiger charge is 2.31. The van der Waals surface area contributed by atoms with Crippen LogP contribution in [0, 0.1) is 11.8 Å². The highest BCUT2D eigenvalue weighted by molar-refractivity contribution is 5.85. The summed E-state index contributed by atoms with van der Waals surface area (Å²) in [4.78, 5) is 12.7. The molecule has 0 radical (unpaired) electrons. The minimum absolute atomic E-state index is 0.113. The van der Waals surface area contributed by atoms with Crippen LogP contribution in [0.5, 0.6) is 0 Å². The Morgan fingerprint density at radius 3 is 2.38 bits per heavy atom. The maximum atomic E-state index is 12.7. The van der Waals surface area contributed by atoms with E-state index in [9.17, 15) is 4.79 Å². The summed E-state index contributed by atoms with van der Waals surface area (Å²) in [5.74, 6) is 0.813. The number of allylic oxidation sites excluding steroid dienone is 2. The summed E-state index contributed by atoms with van der Waals surface area (Å²) in [5, 5.41) is 0. The molecule has 3 aliphatic carbocycles. The number of carbonyl (C=O) groups excluding carboxylic acids is 1. The molecule has 3 aliphatic rings. The van der Waals surface area contributed by atoms with Gasteiger partial charge in [-0.25, -0.2) is 0 Å². The van der Waals surface area contributed by atoms with E-state index in [0.29, 0.717) is 18.0 Å². The van der Waals surface area contributed by atoms with Crippen molar-refractivity contribution in [2.75, 3.05) is 7.11 Å². The van der Waals surface area contributed by atoms with Gasteiger partial charge >= 0.3 is 0 Å². The first-order valence-corrected chi connectivity index (χ1v) is 9.71. The van der Waals surface area contributed by atoms with Gasteiger partial charge in [0.15, 0.2) is 0 Å². The largest absolute Gasteiger partial charge is 0.381 e. The molecule has 0 aromatic rings. The van der Waals surface area contributed by atoms with Gasteiger partial charge in [-0.1, -0.05) is 23.8 Å². The van der Waals surface area contributed by atoms with Crippen LogP contribution in [-0.4, -0.2) is 31.2 Å². The first kappa shape index (κ1) is 17.9. The van der Waals surface area contributed by atoms with E-state index in [0.717, 1.165) is 57.8 Å². The van der Waals surface area contributed by atoms with E-state index < -0.39 is 0 Å². The lowest BCUT2D eigenvalue weighted by molar-refractivity contribution is -0.127. The minimum Gasteiger partial charge on any atom is -0.381 e. The monoisotopic (exact) mass is 332 g/mol. The van der Waals surface area contributed by atoms with Gasteiger partial charge in [0.1, 0.15) is 5.78 Å². The molecule has 3 atom stereocenters. The Bertz CT molecular complexity index is 485. The fourth-order valence-electron chi connectivity index (χ4n) is 4.34. The van der Waals surface area contributed by atoms with Crippen LogP contribution in [0.1, 0.15) is 64.7 Å². The minimum atomic E-state index is 0.113. The summed E-state index contributed by atoms with van der Waals surface area (Å²) < 4.78 is 11.6. The van der Waals surface area contributed by atoms with Crippen LogP contribution in [0.25, 0.3) is 0 Å². The number of hydrogen-bond acceptors (Lipinski definition) is 3. The molecule has 0 aromatic heterocycles. The molecule has 0 aliphatic heterocycles. The van der Waals surface area contributed by atoms with Gasteiger partial charge in [-0.15, -0.1) is 0 Å². The standard InChI is InChI=1S/C21H32O3/c1-15-3-9-19(10-4-15)24-20-13-7-17(8-14-20)21(22)16-5-11-18(23-2)12-6-16/h3,7,13,16-20H,4-6,8-12,14H2,1-2H3. The molecule has 0 heterocycles. The summed E-state index contributed by atoms with van der Waals surface area (Å²) in [5.41, 5.74) is 1.49. The fraction of sp³-hybridized carbons (Fsp3) is 0.762. The zero-order chi connectivity index (χ0) is 16.9. The predicted molar refractivity (Wildman–Crippen MR) is 95.9 cm³/mol. The quantitative estimate of drug-likeness (QED) is 0.690. The van der Waals surface area contributed by atoms with E-state index in [2.05, 4.69) is 25.2 Å². The van der Waals surface area contributed by atoms with Crippen LogP contribution in [0.4, 0.5) is 0 Å². The van der Waals surface area contributed by atoms with E-state index >= 15 is 0 Å². The van der Waals surface area contributed by atoms with Gasteiger partial charge in [-0.05, 0) is 64.7 Å². The highest BCUT2D eigenvalue weighted by atomic mass is 16.5. The Kier molecular flexibility index (Phi) is 6.29. The molecule has 0 N–H and O–H groups in total. The lowest BCUT2D eigenvalue weighted by Crippen LogP contribution is -2.32. The summed E-state index contributed by atoms with van der Waals surface area (Å²) in [7, 11) is 1.78. The van der Waals surface area contributed by atoms with E-state index in [1.807, 2.05) is 0 Å². The van der Waals surface area contributed by atoms with Crippen molar-refractivity contribution < 1.29 is 14.3 Å². The second-order valence-corrected chi connectivity index (χ2v) is 7.80. The predicted octanol–water partition coefficient (Wildman–Crippen LogP) is 4.61. The fourth-order valence-corrected chi connectivity index (χ4v) is 4.34. The topological polar surface area (TPSA) is 35.5 Å². The Labute approximate surface area is 146 Å². The van der Waals surface area contributed by atoms with Crippen molar-refractivity contribution in [3.63, 3.8) is 0 Å². The third kappa shape index (κ3) is 4.58. The Morgan fingerprint density at radius 1 is 1.00 bits per heavy atom. The van der Waals surface area contributed by atoms with Crippen molar-refractivity contribution in [3.05, 3.63) is 23.8 Å². The van der Waals surface area contributed by atoms with Gasteiger partial charge in [-0.3, -0.25) is 4.79 Å². The number of ketones is 1. The Morgan fingerprint density at radius 2 is 1.79 bits per heavy atom. The van der Waals surface area contributed by atoms with Gasteiger partial charge in [-0.2, -0.15) is 0 Å². The maximum absolute atomic E-state index is 12.7. The third-order valence-electron chi connectivity index (χ3n) is 6.05. The lowest BCUT2D eigenvalue weighted by atomic mass is 9.78. The SMILES string of the molecule is COC1CCC(C(=O)C2C=CC(OC3CC=C(C)CC3)CC2)CC1. The molecular weight excluding hydrogens is 300 g/mol. The molecular formula is C21H32O3. The van der Waals surface area contributed by atoms with E-state index in [4.69, 9.17) is 9.47 Å². The molecule has 24 heavy (non-hydrogen) atoms. The molecule has 134 valence electrons. The first-order chi connectivity index (χ1) is 11.7. The highest BCUT2D eigenvalue weighted by Crippen LogP contribution is 2.32. The van der Waals surface area contributed by atoms with Crippen LogP contribution in [0.15, 0.2) is 23.8 Å². The molecule has 3 nitrogen and oxygen atoms in total. The normalized spacial score (nSPS) is 37.1. The van der Waals surface area contributed by atoms with Crippen molar-refractivity contribution in [1.29, 1.82) is 0 Å². The van der Waals surface area contributed by atoms with Crippen LogP contribution in [0.3, 0.4) is 0 Å².